The number of hydrogen-bond acceptors (Lipinski definition) is 4. The van der Waals surface area contributed by atoms with Crippen molar-refractivity contribution in [3.05, 3.63) is 23.4 Å². The zero-order valence-electron chi connectivity index (χ0n) is 13.7. The van der Waals surface area contributed by atoms with E-state index < -0.39 is 0 Å². The van der Waals surface area contributed by atoms with E-state index in [2.05, 4.69) is 25.7 Å². The van der Waals surface area contributed by atoms with Gasteiger partial charge in [0.1, 0.15) is 5.82 Å². The summed E-state index contributed by atoms with van der Waals surface area (Å²) in [6.07, 6.45) is 2.61. The van der Waals surface area contributed by atoms with Crippen molar-refractivity contribution in [3.8, 4) is 0 Å². The number of ether oxygens (including phenoxy) is 1. The first-order valence-electron chi connectivity index (χ1n) is 7.94. The van der Waals surface area contributed by atoms with Crippen LogP contribution in [0.1, 0.15) is 50.8 Å². The first kappa shape index (κ1) is 16.2. The van der Waals surface area contributed by atoms with Crippen LogP contribution in [0.4, 0.5) is 5.82 Å². The van der Waals surface area contributed by atoms with Crippen LogP contribution in [0.15, 0.2) is 12.1 Å². The van der Waals surface area contributed by atoms with Crippen molar-refractivity contribution >= 4 is 5.82 Å². The molecule has 0 spiro atoms. The molecular formula is C17H28N2O2. The van der Waals surface area contributed by atoms with Crippen LogP contribution >= 0.6 is 0 Å². The largest absolute Gasteiger partial charge is 0.392 e. The molecule has 0 aliphatic heterocycles. The van der Waals surface area contributed by atoms with E-state index in [4.69, 9.17) is 9.72 Å². The minimum atomic E-state index is 0.0607. The number of aliphatic hydroxyl groups excluding tert-OH is 1. The number of hydrogen-bond donors (Lipinski definition) is 1. The Morgan fingerprint density at radius 1 is 1.33 bits per heavy atom. The monoisotopic (exact) mass is 292 g/mol. The Bertz CT molecular complexity index is 458. The van der Waals surface area contributed by atoms with E-state index in [-0.39, 0.29) is 6.61 Å². The molecule has 1 aliphatic rings. The topological polar surface area (TPSA) is 45.6 Å². The van der Waals surface area contributed by atoms with Gasteiger partial charge >= 0.3 is 0 Å². The first-order valence-corrected chi connectivity index (χ1v) is 7.94. The molecule has 1 aromatic heterocycles. The van der Waals surface area contributed by atoms with E-state index in [9.17, 15) is 5.11 Å². The molecule has 118 valence electrons. The molecule has 1 heterocycles. The third-order valence-corrected chi connectivity index (χ3v) is 4.29. The lowest BCUT2D eigenvalue weighted by Gasteiger charge is -2.31. The van der Waals surface area contributed by atoms with Crippen LogP contribution < -0.4 is 4.90 Å². The van der Waals surface area contributed by atoms with Gasteiger partial charge < -0.3 is 14.7 Å². The van der Waals surface area contributed by atoms with E-state index in [0.717, 1.165) is 29.5 Å². The predicted molar refractivity (Wildman–Crippen MR) is 85.7 cm³/mol. The maximum absolute atomic E-state index is 9.52. The van der Waals surface area contributed by atoms with Crippen molar-refractivity contribution in [1.82, 2.24) is 4.98 Å². The Kier molecular flexibility index (Phi) is 5.59. The molecule has 1 fully saturated rings. The van der Waals surface area contributed by atoms with Gasteiger partial charge in [-0.15, -0.1) is 0 Å². The normalized spacial score (nSPS) is 16.3. The summed E-state index contributed by atoms with van der Waals surface area (Å²) in [5.74, 6) is 2.10. The van der Waals surface area contributed by atoms with Gasteiger partial charge in [0.15, 0.2) is 0 Å². The minimum Gasteiger partial charge on any atom is -0.392 e. The van der Waals surface area contributed by atoms with Crippen LogP contribution in [0.5, 0.6) is 0 Å². The van der Waals surface area contributed by atoms with Crippen LogP contribution in [0.3, 0.4) is 0 Å². The highest BCUT2D eigenvalue weighted by atomic mass is 16.5. The Morgan fingerprint density at radius 2 is 2.05 bits per heavy atom. The molecule has 0 radical (unpaired) electrons. The SMILES string of the molecule is COCCN(c1cc(CO)cc(C(C)C)n1)C(C)C1CC1. The standard InChI is InChI=1S/C17H28N2O2/c1-12(2)16-9-14(11-20)10-17(18-16)19(7-8-21-4)13(3)15-5-6-15/h9-10,12-13,15,20H,5-8,11H2,1-4H3. The van der Waals surface area contributed by atoms with Crippen LogP contribution in [-0.2, 0) is 11.3 Å². The first-order chi connectivity index (χ1) is 10.1. The van der Waals surface area contributed by atoms with Crippen molar-refractivity contribution in [3.63, 3.8) is 0 Å². The van der Waals surface area contributed by atoms with Crippen LogP contribution in [0.2, 0.25) is 0 Å². The molecule has 0 aromatic carbocycles. The molecule has 0 bridgehead atoms. The predicted octanol–water partition coefficient (Wildman–Crippen LogP) is 2.95. The van der Waals surface area contributed by atoms with Gasteiger partial charge in [-0.2, -0.15) is 0 Å². The second-order valence-electron chi connectivity index (χ2n) is 6.34. The average molecular weight is 292 g/mol. The molecule has 1 atom stereocenters. The van der Waals surface area contributed by atoms with Gasteiger partial charge in [0.05, 0.1) is 13.2 Å². The minimum absolute atomic E-state index is 0.0607. The quantitative estimate of drug-likeness (QED) is 0.800. The molecule has 21 heavy (non-hydrogen) atoms. The van der Waals surface area contributed by atoms with E-state index >= 15 is 0 Å². The van der Waals surface area contributed by atoms with E-state index in [1.54, 1.807) is 7.11 Å². The van der Waals surface area contributed by atoms with Gasteiger partial charge in [-0.3, -0.25) is 0 Å². The van der Waals surface area contributed by atoms with Gasteiger partial charge in [0.25, 0.3) is 0 Å². The summed E-state index contributed by atoms with van der Waals surface area (Å²) in [5.41, 5.74) is 1.98. The molecule has 0 saturated heterocycles. The molecule has 4 nitrogen and oxygen atoms in total. The number of aliphatic hydroxyl groups is 1. The Balaban J connectivity index is 2.30. The summed E-state index contributed by atoms with van der Waals surface area (Å²) >= 11 is 0. The lowest BCUT2D eigenvalue weighted by Crippen LogP contribution is -2.38. The number of aromatic nitrogens is 1. The van der Waals surface area contributed by atoms with Crippen LogP contribution in [0.25, 0.3) is 0 Å². The van der Waals surface area contributed by atoms with Crippen molar-refractivity contribution in [1.29, 1.82) is 0 Å². The summed E-state index contributed by atoms with van der Waals surface area (Å²) in [6.45, 7) is 8.14. The molecule has 1 saturated carbocycles. The number of pyridine rings is 1. The summed E-state index contributed by atoms with van der Waals surface area (Å²) < 4.78 is 5.26. The van der Waals surface area contributed by atoms with Gasteiger partial charge in [-0.05, 0) is 49.3 Å². The highest BCUT2D eigenvalue weighted by Gasteiger charge is 2.32. The number of anilines is 1. The maximum Gasteiger partial charge on any atom is 0.129 e. The smallest absolute Gasteiger partial charge is 0.129 e. The zero-order valence-corrected chi connectivity index (χ0v) is 13.7. The van der Waals surface area contributed by atoms with Gasteiger partial charge in [-0.25, -0.2) is 4.98 Å². The highest BCUT2D eigenvalue weighted by molar-refractivity contribution is 5.44. The van der Waals surface area contributed by atoms with Gasteiger partial charge in [0.2, 0.25) is 0 Å². The number of methoxy groups -OCH3 is 1. The van der Waals surface area contributed by atoms with Crippen molar-refractivity contribution in [2.24, 2.45) is 5.92 Å². The lowest BCUT2D eigenvalue weighted by molar-refractivity contribution is 0.202. The average Bonchev–Trinajstić information content (AvgIpc) is 3.31. The molecule has 1 aliphatic carbocycles. The summed E-state index contributed by atoms with van der Waals surface area (Å²) in [6, 6.07) is 4.49. The summed E-state index contributed by atoms with van der Waals surface area (Å²) in [4.78, 5) is 7.16. The Morgan fingerprint density at radius 3 is 2.57 bits per heavy atom. The number of nitrogens with zero attached hydrogens (tertiary/aromatic N) is 2. The van der Waals surface area contributed by atoms with Crippen molar-refractivity contribution in [2.45, 2.75) is 52.2 Å². The summed E-state index contributed by atoms with van der Waals surface area (Å²) in [5, 5.41) is 9.52. The molecule has 1 aromatic rings. The lowest BCUT2D eigenvalue weighted by atomic mass is 10.1. The molecular weight excluding hydrogens is 264 g/mol. The Hall–Kier alpha value is -1.13. The van der Waals surface area contributed by atoms with Crippen LogP contribution in [0, 0.1) is 5.92 Å². The van der Waals surface area contributed by atoms with Crippen molar-refractivity contribution in [2.75, 3.05) is 25.2 Å². The fraction of sp³-hybridized carbons (Fsp3) is 0.706. The zero-order chi connectivity index (χ0) is 15.4. The van der Waals surface area contributed by atoms with Crippen LogP contribution in [-0.4, -0.2) is 36.4 Å². The van der Waals surface area contributed by atoms with E-state index in [1.165, 1.54) is 12.8 Å². The summed E-state index contributed by atoms with van der Waals surface area (Å²) in [7, 11) is 1.73. The molecule has 0 amide bonds. The second-order valence-corrected chi connectivity index (χ2v) is 6.34. The maximum atomic E-state index is 9.52. The van der Waals surface area contributed by atoms with Crippen molar-refractivity contribution < 1.29 is 9.84 Å². The molecule has 1 N–H and O–H groups in total. The fourth-order valence-electron chi connectivity index (χ4n) is 2.68. The third-order valence-electron chi connectivity index (χ3n) is 4.29. The highest BCUT2D eigenvalue weighted by Crippen LogP contribution is 2.36. The molecule has 1 unspecified atom stereocenters. The Labute approximate surface area is 128 Å². The fourth-order valence-corrected chi connectivity index (χ4v) is 2.68. The van der Waals surface area contributed by atoms with Gasteiger partial charge in [0, 0.05) is 25.4 Å². The van der Waals surface area contributed by atoms with E-state index in [1.807, 2.05) is 12.1 Å². The molecule has 4 heteroatoms. The number of rotatable bonds is 8. The molecule has 2 rings (SSSR count). The van der Waals surface area contributed by atoms with E-state index in [0.29, 0.717) is 18.6 Å². The second kappa shape index (κ2) is 7.23. The third kappa shape index (κ3) is 4.17. The van der Waals surface area contributed by atoms with Gasteiger partial charge in [-0.1, -0.05) is 13.8 Å².